The highest BCUT2D eigenvalue weighted by Crippen LogP contribution is 2.34. The first-order chi connectivity index (χ1) is 17.6. The number of hydrazone groups is 1. The first kappa shape index (κ1) is 27.8. The molecule has 37 heavy (non-hydrogen) atoms. The molecule has 0 aromatic heterocycles. The summed E-state index contributed by atoms with van der Waals surface area (Å²) in [7, 11) is 1.42. The van der Waals surface area contributed by atoms with Crippen LogP contribution in [-0.4, -0.2) is 49.6 Å². The van der Waals surface area contributed by atoms with Gasteiger partial charge in [0.2, 0.25) is 0 Å². The number of halogens is 2. The lowest BCUT2D eigenvalue weighted by Crippen LogP contribution is -2.45. The van der Waals surface area contributed by atoms with Crippen molar-refractivity contribution in [2.75, 3.05) is 20.3 Å². The van der Waals surface area contributed by atoms with Gasteiger partial charge < -0.3 is 30.0 Å². The molecule has 0 unspecified atom stereocenters. The average Bonchev–Trinajstić information content (AvgIpc) is 2.85. The monoisotopic (exact) mass is 594 g/mol. The Morgan fingerprint density at radius 1 is 1.27 bits per heavy atom. The number of amides is 3. The summed E-state index contributed by atoms with van der Waals surface area (Å²) in [6.07, 6.45) is 1.24. The van der Waals surface area contributed by atoms with Gasteiger partial charge in [0, 0.05) is 16.3 Å². The number of esters is 1. The van der Waals surface area contributed by atoms with E-state index in [1.54, 1.807) is 32.0 Å². The molecule has 0 aliphatic carbocycles. The van der Waals surface area contributed by atoms with E-state index in [4.69, 9.17) is 25.8 Å². The van der Waals surface area contributed by atoms with Crippen LogP contribution in [0.5, 0.6) is 17.2 Å². The smallest absolute Gasteiger partial charge is 0.338 e. The zero-order chi connectivity index (χ0) is 27.1. The van der Waals surface area contributed by atoms with Crippen molar-refractivity contribution in [3.05, 3.63) is 62.2 Å². The molecule has 11 nitrogen and oxygen atoms in total. The first-order valence-electron chi connectivity index (χ1n) is 10.9. The number of carbonyl (C=O) groups excluding carboxylic acids is 3. The van der Waals surface area contributed by atoms with E-state index in [1.807, 2.05) is 0 Å². The molecular weight excluding hydrogens is 572 g/mol. The van der Waals surface area contributed by atoms with E-state index < -0.39 is 30.6 Å². The summed E-state index contributed by atoms with van der Waals surface area (Å²) in [6, 6.07) is 6.53. The maximum atomic E-state index is 12.5. The number of hydrogen-bond donors (Lipinski definition) is 4. The summed E-state index contributed by atoms with van der Waals surface area (Å²) in [6.45, 7) is 3.08. The quantitative estimate of drug-likeness (QED) is 0.197. The Morgan fingerprint density at radius 3 is 2.73 bits per heavy atom. The van der Waals surface area contributed by atoms with Crippen LogP contribution in [0.2, 0.25) is 5.02 Å². The fourth-order valence-corrected chi connectivity index (χ4v) is 4.27. The number of phenolic OH excluding ortho intramolecular Hbond substituents is 1. The van der Waals surface area contributed by atoms with Crippen LogP contribution in [-0.2, 0) is 14.3 Å². The number of hydrogen-bond acceptors (Lipinski definition) is 8. The van der Waals surface area contributed by atoms with Crippen molar-refractivity contribution in [2.24, 2.45) is 5.10 Å². The summed E-state index contributed by atoms with van der Waals surface area (Å²) >= 11 is 9.12. The second kappa shape index (κ2) is 12.5. The number of nitrogens with zero attached hydrogens (tertiary/aromatic N) is 1. The van der Waals surface area contributed by atoms with E-state index in [0.29, 0.717) is 26.3 Å². The Morgan fingerprint density at radius 2 is 2.03 bits per heavy atom. The summed E-state index contributed by atoms with van der Waals surface area (Å²) in [4.78, 5) is 36.8. The van der Waals surface area contributed by atoms with Gasteiger partial charge in [-0.2, -0.15) is 5.10 Å². The Hall–Kier alpha value is -3.77. The van der Waals surface area contributed by atoms with Gasteiger partial charge in [-0.15, -0.1) is 0 Å². The number of phenols is 1. The molecule has 0 saturated carbocycles. The molecule has 0 fully saturated rings. The Bertz CT molecular complexity index is 1280. The van der Waals surface area contributed by atoms with Crippen LogP contribution in [0, 0.1) is 0 Å². The first-order valence-corrected chi connectivity index (χ1v) is 12.1. The average molecular weight is 596 g/mol. The Balaban J connectivity index is 1.70. The molecule has 0 spiro atoms. The molecular formula is C24H24BrClN4O7. The largest absolute Gasteiger partial charge is 0.506 e. The molecule has 0 radical (unpaired) electrons. The van der Waals surface area contributed by atoms with Crippen molar-refractivity contribution in [2.45, 2.75) is 19.9 Å². The predicted molar refractivity (Wildman–Crippen MR) is 139 cm³/mol. The van der Waals surface area contributed by atoms with Gasteiger partial charge in [0.15, 0.2) is 18.1 Å². The van der Waals surface area contributed by atoms with Gasteiger partial charge in [-0.3, -0.25) is 4.79 Å². The number of urea groups is 1. The van der Waals surface area contributed by atoms with Crippen LogP contribution in [0.3, 0.4) is 0 Å². The van der Waals surface area contributed by atoms with Gasteiger partial charge in [-0.05, 0) is 59.6 Å². The van der Waals surface area contributed by atoms with Crippen LogP contribution in [0.25, 0.3) is 0 Å². The zero-order valence-electron chi connectivity index (χ0n) is 20.1. The maximum Gasteiger partial charge on any atom is 0.338 e. The summed E-state index contributed by atoms with van der Waals surface area (Å²) < 4.78 is 16.5. The molecule has 1 heterocycles. The Labute approximate surface area is 225 Å². The van der Waals surface area contributed by atoms with Crippen LogP contribution < -0.4 is 25.5 Å². The van der Waals surface area contributed by atoms with E-state index in [-0.39, 0.29) is 29.4 Å². The van der Waals surface area contributed by atoms with E-state index in [9.17, 15) is 19.5 Å². The second-order valence-corrected chi connectivity index (χ2v) is 8.90. The molecule has 1 aliphatic rings. The number of ether oxygens (including phenoxy) is 3. The Kier molecular flexibility index (Phi) is 9.36. The summed E-state index contributed by atoms with van der Waals surface area (Å²) in [5, 5.41) is 19.5. The van der Waals surface area contributed by atoms with E-state index in [0.717, 1.165) is 0 Å². The molecule has 1 aliphatic heterocycles. The lowest BCUT2D eigenvalue weighted by Gasteiger charge is -2.28. The molecule has 1 atom stereocenters. The van der Waals surface area contributed by atoms with Crippen molar-refractivity contribution in [1.29, 1.82) is 0 Å². The highest BCUT2D eigenvalue weighted by molar-refractivity contribution is 9.10. The normalized spacial score (nSPS) is 15.2. The van der Waals surface area contributed by atoms with Crippen LogP contribution in [0.4, 0.5) is 4.79 Å². The SMILES string of the molecule is CCOC(=O)C1=C(C)NC(=O)N[C@@H]1c1ccc(OCC(=O)N/N=C\c2cc(Cl)cc(Br)c2O)c(OC)c1. The predicted octanol–water partition coefficient (Wildman–Crippen LogP) is 3.54. The molecule has 2 aromatic rings. The van der Waals surface area contributed by atoms with Gasteiger partial charge in [0.05, 0.1) is 36.0 Å². The lowest BCUT2D eigenvalue weighted by atomic mass is 9.95. The topological polar surface area (TPSA) is 148 Å². The van der Waals surface area contributed by atoms with E-state index in [1.165, 1.54) is 25.5 Å². The van der Waals surface area contributed by atoms with Crippen molar-refractivity contribution in [1.82, 2.24) is 16.1 Å². The third-order valence-electron chi connectivity index (χ3n) is 5.09. The minimum Gasteiger partial charge on any atom is -0.506 e. The summed E-state index contributed by atoms with van der Waals surface area (Å²) in [5.74, 6) is -0.689. The van der Waals surface area contributed by atoms with Gasteiger partial charge in [0.25, 0.3) is 5.91 Å². The zero-order valence-corrected chi connectivity index (χ0v) is 22.4. The van der Waals surface area contributed by atoms with Crippen molar-refractivity contribution in [3.8, 4) is 17.2 Å². The van der Waals surface area contributed by atoms with Gasteiger partial charge in [-0.1, -0.05) is 17.7 Å². The van der Waals surface area contributed by atoms with Crippen molar-refractivity contribution < 1.29 is 33.7 Å². The van der Waals surface area contributed by atoms with Gasteiger partial charge in [0.1, 0.15) is 5.75 Å². The number of nitrogens with one attached hydrogen (secondary N) is 3. The minimum absolute atomic E-state index is 0.0791. The molecule has 3 amide bonds. The third-order valence-corrected chi connectivity index (χ3v) is 5.92. The second-order valence-electron chi connectivity index (χ2n) is 7.61. The molecule has 196 valence electrons. The van der Waals surface area contributed by atoms with Crippen LogP contribution in [0.15, 0.2) is 51.2 Å². The number of carbonyl (C=O) groups is 3. The van der Waals surface area contributed by atoms with Crippen molar-refractivity contribution >= 4 is 51.7 Å². The molecule has 13 heteroatoms. The molecule has 0 saturated heterocycles. The van der Waals surface area contributed by atoms with E-state index in [2.05, 4.69) is 37.1 Å². The van der Waals surface area contributed by atoms with Gasteiger partial charge >= 0.3 is 12.0 Å². The fraction of sp³-hybridized carbons (Fsp3) is 0.250. The molecule has 2 aromatic carbocycles. The van der Waals surface area contributed by atoms with Crippen LogP contribution >= 0.6 is 27.5 Å². The standard InChI is InChI=1S/C24H24BrClN4O7/c1-4-36-23(33)20-12(2)28-24(34)29-21(20)13-5-6-17(18(8-13)35-3)37-11-19(31)30-27-10-14-7-15(26)9-16(25)22(14)32/h5-10,21,32H,4,11H2,1-3H3,(H,30,31)(H2,28,29,34)/b27-10-/t21-/m1/s1. The number of methoxy groups -OCH3 is 1. The van der Waals surface area contributed by atoms with Crippen LogP contribution in [0.1, 0.15) is 31.0 Å². The van der Waals surface area contributed by atoms with Gasteiger partial charge in [-0.25, -0.2) is 15.0 Å². The molecule has 3 rings (SSSR count). The fourth-order valence-electron chi connectivity index (χ4n) is 3.44. The third kappa shape index (κ3) is 6.92. The lowest BCUT2D eigenvalue weighted by molar-refractivity contribution is -0.139. The highest BCUT2D eigenvalue weighted by atomic mass is 79.9. The van der Waals surface area contributed by atoms with Crippen molar-refractivity contribution in [3.63, 3.8) is 0 Å². The summed E-state index contributed by atoms with van der Waals surface area (Å²) in [5.41, 5.74) is 3.77. The number of allylic oxidation sites excluding steroid dienone is 1. The highest BCUT2D eigenvalue weighted by Gasteiger charge is 2.32. The number of aromatic hydroxyl groups is 1. The molecule has 4 N–H and O–H groups in total. The number of benzene rings is 2. The molecule has 0 bridgehead atoms. The van der Waals surface area contributed by atoms with E-state index >= 15 is 0 Å². The number of rotatable bonds is 9. The maximum absolute atomic E-state index is 12.5. The minimum atomic E-state index is -0.781.